The van der Waals surface area contributed by atoms with E-state index in [4.69, 9.17) is 32.8 Å². The number of unbranched alkanes of at least 4 members (excludes halogenated alkanes) is 15. The minimum atomic E-state index is -3.98. The molecule has 0 aliphatic rings. The molecule has 0 amide bonds. The second kappa shape index (κ2) is 27.6. The zero-order valence-corrected chi connectivity index (χ0v) is 29.1. The van der Waals surface area contributed by atoms with Crippen molar-refractivity contribution in [2.75, 3.05) is 52.9 Å². The first-order valence-electron chi connectivity index (χ1n) is 17.6. The van der Waals surface area contributed by atoms with Gasteiger partial charge in [0, 0.05) is 12.0 Å². The molecule has 0 saturated carbocycles. The van der Waals surface area contributed by atoms with Gasteiger partial charge in [0.2, 0.25) is 0 Å². The highest BCUT2D eigenvalue weighted by Crippen LogP contribution is 2.50. The van der Waals surface area contributed by atoms with Crippen LogP contribution in [0.25, 0.3) is 10.8 Å². The highest BCUT2D eigenvalue weighted by molar-refractivity contribution is 7.48. The predicted octanol–water partition coefficient (Wildman–Crippen LogP) is 10.6. The van der Waals surface area contributed by atoms with Crippen LogP contribution in [0.1, 0.15) is 117 Å². The SMILES string of the molecule is CCCCCCCCCCCCCCCCCCOP(=O)(OCCOCCOCCOCC)OOc1cccc2ccccc12. The van der Waals surface area contributed by atoms with Crippen molar-refractivity contribution in [3.05, 3.63) is 42.5 Å². The molecule has 2 aromatic rings. The molecule has 0 fully saturated rings. The van der Waals surface area contributed by atoms with Crippen LogP contribution < -0.4 is 4.89 Å². The van der Waals surface area contributed by atoms with Crippen LogP contribution in [0.4, 0.5) is 0 Å². The van der Waals surface area contributed by atoms with Gasteiger partial charge in [0.25, 0.3) is 0 Å². The van der Waals surface area contributed by atoms with Crippen LogP contribution >= 0.6 is 7.82 Å². The first kappa shape index (κ1) is 39.7. The molecule has 1 atom stereocenters. The molecule has 8 nitrogen and oxygen atoms in total. The predicted molar refractivity (Wildman–Crippen MR) is 183 cm³/mol. The van der Waals surface area contributed by atoms with E-state index in [0.717, 1.165) is 30.0 Å². The molecular formula is C36H61O8P. The fraction of sp³-hybridized carbons (Fsp3) is 0.722. The van der Waals surface area contributed by atoms with Crippen LogP contribution in [0.15, 0.2) is 42.5 Å². The summed E-state index contributed by atoms with van der Waals surface area (Å²) in [7, 11) is -3.98. The molecule has 0 spiro atoms. The molecule has 9 heteroatoms. The van der Waals surface area contributed by atoms with Gasteiger partial charge in [-0.3, -0.25) is 9.05 Å². The highest BCUT2D eigenvalue weighted by Gasteiger charge is 2.29. The van der Waals surface area contributed by atoms with Gasteiger partial charge in [0.1, 0.15) is 0 Å². The maximum absolute atomic E-state index is 13.4. The number of rotatable bonds is 32. The van der Waals surface area contributed by atoms with Crippen molar-refractivity contribution >= 4 is 18.6 Å². The molecule has 0 radical (unpaired) electrons. The summed E-state index contributed by atoms with van der Waals surface area (Å²) in [5.41, 5.74) is 0. The van der Waals surface area contributed by atoms with Gasteiger partial charge in [-0.15, -0.1) is 0 Å². The number of hydrogen-bond donors (Lipinski definition) is 0. The van der Waals surface area contributed by atoms with E-state index in [-0.39, 0.29) is 19.8 Å². The van der Waals surface area contributed by atoms with E-state index in [1.165, 1.54) is 83.5 Å². The third kappa shape index (κ3) is 20.4. The maximum atomic E-state index is 13.4. The summed E-state index contributed by atoms with van der Waals surface area (Å²) in [6, 6.07) is 13.4. The molecule has 1 unspecified atom stereocenters. The van der Waals surface area contributed by atoms with Gasteiger partial charge in [0.05, 0.1) is 46.2 Å². The van der Waals surface area contributed by atoms with Gasteiger partial charge in [0.15, 0.2) is 5.75 Å². The Labute approximate surface area is 273 Å². The number of hydrogen-bond acceptors (Lipinski definition) is 8. The van der Waals surface area contributed by atoms with Crippen LogP contribution in [0, 0.1) is 0 Å². The minimum Gasteiger partial charge on any atom is -0.379 e. The summed E-state index contributed by atoms with van der Waals surface area (Å²) in [4.78, 5) is 5.52. The van der Waals surface area contributed by atoms with E-state index in [9.17, 15) is 4.57 Å². The van der Waals surface area contributed by atoms with Crippen LogP contribution in [-0.2, 0) is 32.5 Å². The Morgan fingerprint density at radius 2 is 1.00 bits per heavy atom. The Morgan fingerprint density at radius 3 is 1.60 bits per heavy atom. The van der Waals surface area contributed by atoms with Gasteiger partial charge < -0.3 is 19.1 Å². The quantitative estimate of drug-likeness (QED) is 0.0334. The topological polar surface area (TPSA) is 81.7 Å². The molecule has 2 rings (SSSR count). The minimum absolute atomic E-state index is 0.0358. The molecule has 0 aromatic heterocycles. The van der Waals surface area contributed by atoms with E-state index < -0.39 is 7.82 Å². The smallest absolute Gasteiger partial charge is 0.379 e. The normalized spacial score (nSPS) is 12.9. The lowest BCUT2D eigenvalue weighted by atomic mass is 10.0. The van der Waals surface area contributed by atoms with Crippen molar-refractivity contribution in [1.29, 1.82) is 0 Å². The summed E-state index contributed by atoms with van der Waals surface area (Å²) >= 11 is 0. The largest absolute Gasteiger partial charge is 0.511 e. The zero-order chi connectivity index (χ0) is 32.1. The summed E-state index contributed by atoms with van der Waals surface area (Å²) in [6.07, 6.45) is 20.6. The van der Waals surface area contributed by atoms with Gasteiger partial charge in [-0.2, -0.15) is 0 Å². The molecule has 2 aromatic carbocycles. The Kier molecular flexibility index (Phi) is 24.3. The van der Waals surface area contributed by atoms with E-state index >= 15 is 0 Å². The number of ether oxygens (including phenoxy) is 3. The monoisotopic (exact) mass is 652 g/mol. The Hall–Kier alpha value is -1.51. The van der Waals surface area contributed by atoms with E-state index in [1.807, 2.05) is 43.3 Å². The molecule has 0 saturated heterocycles. The summed E-state index contributed by atoms with van der Waals surface area (Å²) in [5, 5.41) is 1.83. The molecule has 0 bridgehead atoms. The van der Waals surface area contributed by atoms with Gasteiger partial charge in [-0.05, 0) is 24.8 Å². The van der Waals surface area contributed by atoms with Crippen molar-refractivity contribution < 1.29 is 37.4 Å². The molecule has 45 heavy (non-hydrogen) atoms. The van der Waals surface area contributed by atoms with Crippen LogP contribution in [0.2, 0.25) is 0 Å². The first-order valence-corrected chi connectivity index (χ1v) is 19.1. The van der Waals surface area contributed by atoms with E-state index in [1.54, 1.807) is 6.07 Å². The van der Waals surface area contributed by atoms with Crippen molar-refractivity contribution in [2.24, 2.45) is 0 Å². The van der Waals surface area contributed by atoms with E-state index in [0.29, 0.717) is 38.8 Å². The van der Waals surface area contributed by atoms with Crippen LogP contribution in [0.5, 0.6) is 5.75 Å². The lowest BCUT2D eigenvalue weighted by molar-refractivity contribution is -0.132. The summed E-state index contributed by atoms with van der Waals surface area (Å²) < 4.78 is 46.2. The fourth-order valence-corrected chi connectivity index (χ4v) is 6.04. The lowest BCUT2D eigenvalue weighted by Gasteiger charge is -2.17. The number of fused-ring (bicyclic) bond motifs is 1. The molecule has 0 aliphatic carbocycles. The zero-order valence-electron chi connectivity index (χ0n) is 28.2. The van der Waals surface area contributed by atoms with Crippen molar-refractivity contribution in [3.8, 4) is 5.75 Å². The summed E-state index contributed by atoms with van der Waals surface area (Å²) in [5.74, 6) is 0.448. The Morgan fingerprint density at radius 1 is 0.511 bits per heavy atom. The first-order chi connectivity index (χ1) is 22.2. The summed E-state index contributed by atoms with van der Waals surface area (Å²) in [6.45, 7) is 7.35. The van der Waals surface area contributed by atoms with Crippen LogP contribution in [-0.4, -0.2) is 52.9 Å². The van der Waals surface area contributed by atoms with E-state index in [2.05, 4.69) is 6.92 Å². The second-order valence-electron chi connectivity index (χ2n) is 11.5. The fourth-order valence-electron chi connectivity index (χ4n) is 5.05. The molecule has 0 aliphatic heterocycles. The number of phosphoric acid groups is 1. The standard InChI is InChI=1S/C36H61O8P/c1-3-5-6-7-8-9-10-11-12-13-14-15-16-17-18-21-27-41-45(37,42-33-32-40-31-30-39-29-28-38-4-2)44-43-36-26-22-24-34-23-19-20-25-35(34)36/h19-20,22-26H,3-18,21,27-33H2,1-2H3. The highest BCUT2D eigenvalue weighted by atomic mass is 31.2. The van der Waals surface area contributed by atoms with Crippen molar-refractivity contribution in [3.63, 3.8) is 0 Å². The average molecular weight is 653 g/mol. The lowest BCUT2D eigenvalue weighted by Crippen LogP contribution is -2.12. The average Bonchev–Trinajstić information content (AvgIpc) is 3.06. The molecule has 0 heterocycles. The maximum Gasteiger partial charge on any atom is 0.511 e. The Bertz CT molecular complexity index is 999. The number of phosphoric ester groups is 1. The third-order valence-electron chi connectivity index (χ3n) is 7.64. The van der Waals surface area contributed by atoms with Gasteiger partial charge in [-0.1, -0.05) is 144 Å². The van der Waals surface area contributed by atoms with Crippen molar-refractivity contribution in [2.45, 2.75) is 117 Å². The Balaban J connectivity index is 1.61. The third-order valence-corrected chi connectivity index (χ3v) is 8.90. The molecule has 0 N–H and O–H groups in total. The molecule has 258 valence electrons. The van der Waals surface area contributed by atoms with Crippen LogP contribution in [0.3, 0.4) is 0 Å². The van der Waals surface area contributed by atoms with Crippen molar-refractivity contribution in [1.82, 2.24) is 0 Å². The number of benzene rings is 2. The molecular weight excluding hydrogens is 591 g/mol. The van der Waals surface area contributed by atoms with Gasteiger partial charge >= 0.3 is 7.82 Å². The second-order valence-corrected chi connectivity index (χ2v) is 13.0. The van der Waals surface area contributed by atoms with Gasteiger partial charge in [-0.25, -0.2) is 4.57 Å².